The number of nitrogens with zero attached hydrogens (tertiary/aromatic N) is 2. The number of halogens is 3. The Morgan fingerprint density at radius 2 is 1.21 bits per heavy atom. The minimum Gasteiger partial charge on any atom is -0.325 e. The predicted octanol–water partition coefficient (Wildman–Crippen LogP) is 7.28. The third-order valence-corrected chi connectivity index (χ3v) is 6.82. The average molecular weight is 555 g/mol. The molecule has 0 aliphatic carbocycles. The number of anilines is 1. The molecule has 1 aliphatic heterocycles. The van der Waals surface area contributed by atoms with E-state index in [-0.39, 0.29) is 30.6 Å². The van der Waals surface area contributed by atoms with Crippen LogP contribution in [-0.4, -0.2) is 41.5 Å². The topological polar surface area (TPSA) is 84.0 Å². The number of imide groups is 1. The van der Waals surface area contributed by atoms with Crippen LogP contribution in [0.5, 0.6) is 0 Å². The van der Waals surface area contributed by atoms with Gasteiger partial charge in [0.25, 0.3) is 11.8 Å². The molecular formula is C29H41F3N2O5. The minimum atomic E-state index is -5.04. The van der Waals surface area contributed by atoms with E-state index in [9.17, 15) is 32.3 Å². The van der Waals surface area contributed by atoms with Crippen molar-refractivity contribution in [2.24, 2.45) is 0 Å². The molecule has 3 amide bonds. The second-order valence-corrected chi connectivity index (χ2v) is 10.1. The summed E-state index contributed by atoms with van der Waals surface area (Å²) in [6, 6.07) is 4.84. The van der Waals surface area contributed by atoms with E-state index in [1.165, 1.54) is 82.1 Å². The Hall–Kier alpha value is -2.91. The van der Waals surface area contributed by atoms with Crippen molar-refractivity contribution in [3.05, 3.63) is 29.8 Å². The van der Waals surface area contributed by atoms with E-state index < -0.39 is 29.9 Å². The summed E-state index contributed by atoms with van der Waals surface area (Å²) >= 11 is 0. The molecule has 0 atom stereocenters. The number of carbonyl (C=O) groups excluding carboxylic acids is 4. The van der Waals surface area contributed by atoms with Crippen molar-refractivity contribution >= 4 is 29.4 Å². The first-order valence-electron chi connectivity index (χ1n) is 14.2. The fourth-order valence-electron chi connectivity index (χ4n) is 4.54. The van der Waals surface area contributed by atoms with Crippen molar-refractivity contribution in [2.45, 2.75) is 116 Å². The number of hydroxylamine groups is 2. The summed E-state index contributed by atoms with van der Waals surface area (Å²) in [5, 5.41) is 0.394. The monoisotopic (exact) mass is 554 g/mol. The Labute approximate surface area is 229 Å². The standard InChI is InChI=1S/C29H41F3N2O5/c1-2-3-4-5-6-7-8-9-10-11-12-13-14-15-22-33(28(38)29(30,31)32)24-18-16-23(17-19-24)27(37)39-34-25(35)20-21-26(34)36/h16-19H,2-15,20-22H2,1H3. The quantitative estimate of drug-likeness (QED) is 0.141. The highest BCUT2D eigenvalue weighted by molar-refractivity contribution is 6.03. The Morgan fingerprint density at radius 1 is 0.769 bits per heavy atom. The van der Waals surface area contributed by atoms with Crippen LogP contribution < -0.4 is 4.90 Å². The van der Waals surface area contributed by atoms with Crippen molar-refractivity contribution in [2.75, 3.05) is 11.4 Å². The second-order valence-electron chi connectivity index (χ2n) is 10.1. The van der Waals surface area contributed by atoms with Crippen molar-refractivity contribution in [1.29, 1.82) is 0 Å². The molecule has 0 saturated carbocycles. The van der Waals surface area contributed by atoms with E-state index in [4.69, 9.17) is 4.84 Å². The maximum atomic E-state index is 13.2. The van der Waals surface area contributed by atoms with E-state index in [1.807, 2.05) is 0 Å². The highest BCUT2D eigenvalue weighted by Gasteiger charge is 2.43. The van der Waals surface area contributed by atoms with Crippen molar-refractivity contribution in [3.63, 3.8) is 0 Å². The first kappa shape index (κ1) is 32.3. The summed E-state index contributed by atoms with van der Waals surface area (Å²) in [6.07, 6.45) is 10.5. The molecule has 1 aromatic rings. The van der Waals surface area contributed by atoms with Gasteiger partial charge in [-0.05, 0) is 30.7 Å². The number of carbonyl (C=O) groups is 4. The molecule has 0 aromatic heterocycles. The van der Waals surface area contributed by atoms with Crippen LogP contribution in [0.4, 0.5) is 18.9 Å². The molecule has 0 radical (unpaired) electrons. The Morgan fingerprint density at radius 3 is 1.64 bits per heavy atom. The lowest BCUT2D eigenvalue weighted by Gasteiger charge is -2.24. The van der Waals surface area contributed by atoms with E-state index in [1.54, 1.807) is 0 Å². The first-order valence-corrected chi connectivity index (χ1v) is 14.2. The maximum absolute atomic E-state index is 13.2. The number of amides is 3. The molecule has 2 rings (SSSR count). The van der Waals surface area contributed by atoms with Gasteiger partial charge in [0.15, 0.2) is 0 Å². The van der Waals surface area contributed by atoms with Crippen LogP contribution in [0.2, 0.25) is 0 Å². The zero-order chi connectivity index (χ0) is 28.7. The van der Waals surface area contributed by atoms with Crippen LogP contribution >= 0.6 is 0 Å². The lowest BCUT2D eigenvalue weighted by atomic mass is 10.0. The van der Waals surface area contributed by atoms with Gasteiger partial charge in [-0.15, -0.1) is 5.06 Å². The Bertz CT molecular complexity index is 918. The van der Waals surface area contributed by atoms with Gasteiger partial charge in [0.05, 0.1) is 5.56 Å². The van der Waals surface area contributed by atoms with Crippen LogP contribution in [0.15, 0.2) is 24.3 Å². The molecule has 218 valence electrons. The molecule has 0 unspecified atom stereocenters. The lowest BCUT2D eigenvalue weighted by molar-refractivity contribution is -0.172. The van der Waals surface area contributed by atoms with Crippen molar-refractivity contribution in [1.82, 2.24) is 5.06 Å². The molecular weight excluding hydrogens is 513 g/mol. The number of hydrogen-bond acceptors (Lipinski definition) is 5. The summed E-state index contributed by atoms with van der Waals surface area (Å²) < 4.78 is 39.7. The van der Waals surface area contributed by atoms with Crippen LogP contribution in [-0.2, 0) is 19.2 Å². The van der Waals surface area contributed by atoms with Gasteiger partial charge in [-0.25, -0.2) is 4.79 Å². The molecule has 0 spiro atoms. The summed E-state index contributed by atoms with van der Waals surface area (Å²) in [4.78, 5) is 53.1. The number of alkyl halides is 3. The summed E-state index contributed by atoms with van der Waals surface area (Å²) in [5.41, 5.74) is -0.0703. The molecule has 1 heterocycles. The fourth-order valence-corrected chi connectivity index (χ4v) is 4.54. The van der Waals surface area contributed by atoms with Crippen LogP contribution in [0, 0.1) is 0 Å². The van der Waals surface area contributed by atoms with Gasteiger partial charge in [0, 0.05) is 25.1 Å². The molecule has 1 aromatic carbocycles. The second kappa shape index (κ2) is 16.9. The van der Waals surface area contributed by atoms with Gasteiger partial charge in [-0.2, -0.15) is 13.2 Å². The molecule has 10 heteroatoms. The molecule has 0 N–H and O–H groups in total. The number of unbranched alkanes of at least 4 members (excludes halogenated alkanes) is 13. The normalized spacial score (nSPS) is 13.7. The number of hydrogen-bond donors (Lipinski definition) is 0. The van der Waals surface area contributed by atoms with Gasteiger partial charge in [0.1, 0.15) is 0 Å². The third kappa shape index (κ3) is 11.4. The van der Waals surface area contributed by atoms with E-state index in [0.29, 0.717) is 22.8 Å². The van der Waals surface area contributed by atoms with Gasteiger partial charge >= 0.3 is 18.1 Å². The van der Waals surface area contributed by atoms with Crippen LogP contribution in [0.1, 0.15) is 120 Å². The first-order chi connectivity index (χ1) is 18.6. The highest BCUT2D eigenvalue weighted by atomic mass is 19.4. The largest absolute Gasteiger partial charge is 0.471 e. The smallest absolute Gasteiger partial charge is 0.325 e. The zero-order valence-electron chi connectivity index (χ0n) is 22.9. The number of rotatable bonds is 18. The van der Waals surface area contributed by atoms with E-state index in [0.717, 1.165) is 19.3 Å². The van der Waals surface area contributed by atoms with E-state index in [2.05, 4.69) is 6.92 Å². The molecule has 1 aliphatic rings. The fraction of sp³-hybridized carbons (Fsp3) is 0.655. The molecule has 1 saturated heterocycles. The van der Waals surface area contributed by atoms with Gasteiger partial charge in [-0.3, -0.25) is 14.4 Å². The molecule has 7 nitrogen and oxygen atoms in total. The zero-order valence-corrected chi connectivity index (χ0v) is 22.9. The predicted molar refractivity (Wildman–Crippen MR) is 142 cm³/mol. The number of benzene rings is 1. The lowest BCUT2D eigenvalue weighted by Crippen LogP contribution is -2.41. The molecule has 39 heavy (non-hydrogen) atoms. The third-order valence-electron chi connectivity index (χ3n) is 6.82. The van der Waals surface area contributed by atoms with Crippen molar-refractivity contribution in [3.8, 4) is 0 Å². The summed E-state index contributed by atoms with van der Waals surface area (Å²) in [5.74, 6) is -4.24. The van der Waals surface area contributed by atoms with Gasteiger partial charge < -0.3 is 9.74 Å². The SMILES string of the molecule is CCCCCCCCCCCCCCCCN(C(=O)C(F)(F)F)c1ccc(C(=O)ON2C(=O)CCC2=O)cc1. The van der Waals surface area contributed by atoms with Gasteiger partial charge in [-0.1, -0.05) is 90.4 Å². The molecule has 0 bridgehead atoms. The van der Waals surface area contributed by atoms with Gasteiger partial charge in [0.2, 0.25) is 0 Å². The average Bonchev–Trinajstić information content (AvgIpc) is 3.22. The Kier molecular flexibility index (Phi) is 14.0. The highest BCUT2D eigenvalue weighted by Crippen LogP contribution is 2.25. The van der Waals surface area contributed by atoms with Crippen LogP contribution in [0.25, 0.3) is 0 Å². The van der Waals surface area contributed by atoms with Crippen LogP contribution in [0.3, 0.4) is 0 Å². The van der Waals surface area contributed by atoms with Crippen molar-refractivity contribution < 1.29 is 37.2 Å². The maximum Gasteiger partial charge on any atom is 0.471 e. The Balaban J connectivity index is 1.76. The van der Waals surface area contributed by atoms with E-state index >= 15 is 0 Å². The summed E-state index contributed by atoms with van der Waals surface area (Å²) in [6.45, 7) is 2.11. The minimum absolute atomic E-state index is 0.00288. The molecule has 1 fully saturated rings. The summed E-state index contributed by atoms with van der Waals surface area (Å²) in [7, 11) is 0.